The second kappa shape index (κ2) is 10.5. The Hall–Kier alpha value is -1.38. The smallest absolute Gasteiger partial charge is 0.326 e. The molecule has 0 aliphatic carbocycles. The number of rotatable bonds is 10. The van der Waals surface area contributed by atoms with Crippen LogP contribution in [0, 0.1) is 0 Å². The average molecular weight is 278 g/mol. The molecule has 19 heavy (non-hydrogen) atoms. The first-order chi connectivity index (χ1) is 9.06. The van der Waals surface area contributed by atoms with E-state index in [1.807, 2.05) is 0 Å². The first-order valence-corrected chi connectivity index (χ1v) is 6.14. The maximum absolute atomic E-state index is 11.8. The molecule has 0 saturated carbocycles. The topological polar surface area (TPSA) is 119 Å². The van der Waals surface area contributed by atoms with E-state index in [1.165, 1.54) is 4.90 Å². The van der Waals surface area contributed by atoms with Gasteiger partial charge in [0.1, 0.15) is 6.04 Å². The molecule has 1 atom stereocenters. The van der Waals surface area contributed by atoms with Gasteiger partial charge in [-0.05, 0) is 6.92 Å². The third kappa shape index (κ3) is 7.60. The van der Waals surface area contributed by atoms with Crippen LogP contribution in [0.4, 0.5) is 4.79 Å². The van der Waals surface area contributed by atoms with Crippen LogP contribution in [0.3, 0.4) is 0 Å². The number of carbonyl (C=O) groups is 2. The van der Waals surface area contributed by atoms with Gasteiger partial charge in [0.2, 0.25) is 0 Å². The van der Waals surface area contributed by atoms with Gasteiger partial charge >= 0.3 is 12.0 Å². The van der Waals surface area contributed by atoms with Crippen molar-refractivity contribution in [2.45, 2.75) is 19.4 Å². The Bertz CT molecular complexity index is 274. The zero-order chi connectivity index (χ0) is 14.7. The molecule has 0 rings (SSSR count). The highest BCUT2D eigenvalue weighted by Gasteiger charge is 2.21. The molecule has 4 N–H and O–H groups in total. The van der Waals surface area contributed by atoms with Crippen molar-refractivity contribution in [3.8, 4) is 0 Å². The van der Waals surface area contributed by atoms with Crippen LogP contribution in [0.1, 0.15) is 13.3 Å². The van der Waals surface area contributed by atoms with E-state index < -0.39 is 18.0 Å². The SMILES string of the molecule is CCN(CCOCCO)C(=O)NC(CCO)C(=O)O. The van der Waals surface area contributed by atoms with E-state index in [9.17, 15) is 9.59 Å². The van der Waals surface area contributed by atoms with Crippen LogP contribution in [0.25, 0.3) is 0 Å². The molecule has 0 bridgehead atoms. The minimum atomic E-state index is -1.19. The van der Waals surface area contributed by atoms with Gasteiger partial charge in [0.25, 0.3) is 0 Å². The Kier molecular flexibility index (Phi) is 9.77. The Morgan fingerprint density at radius 1 is 1.26 bits per heavy atom. The second-order valence-corrected chi connectivity index (χ2v) is 3.77. The largest absolute Gasteiger partial charge is 0.480 e. The lowest BCUT2D eigenvalue weighted by Crippen LogP contribution is -2.49. The van der Waals surface area contributed by atoms with Crippen LogP contribution >= 0.6 is 0 Å². The minimum Gasteiger partial charge on any atom is -0.480 e. The summed E-state index contributed by atoms with van der Waals surface area (Å²) in [5.74, 6) is -1.19. The summed E-state index contributed by atoms with van der Waals surface area (Å²) in [7, 11) is 0. The van der Waals surface area contributed by atoms with Crippen LogP contribution in [-0.2, 0) is 9.53 Å². The summed E-state index contributed by atoms with van der Waals surface area (Å²) in [5, 5.41) is 28.4. The fourth-order valence-corrected chi connectivity index (χ4v) is 1.37. The van der Waals surface area contributed by atoms with Crippen LogP contribution in [0.5, 0.6) is 0 Å². The van der Waals surface area contributed by atoms with E-state index in [1.54, 1.807) is 6.92 Å². The number of ether oxygens (including phenoxy) is 1. The van der Waals surface area contributed by atoms with Crippen LogP contribution in [0.15, 0.2) is 0 Å². The van der Waals surface area contributed by atoms with Gasteiger partial charge in [-0.25, -0.2) is 9.59 Å². The quantitative estimate of drug-likeness (QED) is 0.375. The number of nitrogens with one attached hydrogen (secondary N) is 1. The molecule has 0 aromatic rings. The van der Waals surface area contributed by atoms with Gasteiger partial charge in [-0.2, -0.15) is 0 Å². The van der Waals surface area contributed by atoms with Crippen molar-refractivity contribution in [3.05, 3.63) is 0 Å². The highest BCUT2D eigenvalue weighted by Crippen LogP contribution is 1.96. The zero-order valence-electron chi connectivity index (χ0n) is 11.0. The predicted molar refractivity (Wildman–Crippen MR) is 66.8 cm³/mol. The minimum absolute atomic E-state index is 0.0420. The Morgan fingerprint density at radius 3 is 2.42 bits per heavy atom. The van der Waals surface area contributed by atoms with Crippen molar-refractivity contribution >= 4 is 12.0 Å². The van der Waals surface area contributed by atoms with E-state index in [-0.39, 0.29) is 32.8 Å². The fourth-order valence-electron chi connectivity index (χ4n) is 1.37. The first kappa shape index (κ1) is 17.6. The Balaban J connectivity index is 4.21. The molecule has 0 fully saturated rings. The molecule has 8 nitrogen and oxygen atoms in total. The number of nitrogens with zero attached hydrogens (tertiary/aromatic N) is 1. The van der Waals surface area contributed by atoms with Gasteiger partial charge in [0.15, 0.2) is 0 Å². The Labute approximate surface area is 112 Å². The average Bonchev–Trinajstić information content (AvgIpc) is 2.38. The highest BCUT2D eigenvalue weighted by atomic mass is 16.5. The first-order valence-electron chi connectivity index (χ1n) is 6.14. The van der Waals surface area contributed by atoms with Crippen molar-refractivity contribution in [3.63, 3.8) is 0 Å². The maximum atomic E-state index is 11.8. The molecule has 0 aliphatic rings. The predicted octanol–water partition coefficient (Wildman–Crippen LogP) is -1.14. The molecule has 112 valence electrons. The van der Waals surface area contributed by atoms with Gasteiger partial charge in [0, 0.05) is 26.1 Å². The lowest BCUT2D eigenvalue weighted by Gasteiger charge is -2.23. The molecule has 1 unspecified atom stereocenters. The molecular weight excluding hydrogens is 256 g/mol. The van der Waals surface area contributed by atoms with Crippen molar-refractivity contribution in [2.24, 2.45) is 0 Å². The molecule has 2 amide bonds. The van der Waals surface area contributed by atoms with Crippen molar-refractivity contribution in [1.29, 1.82) is 0 Å². The number of carboxylic acids is 1. The maximum Gasteiger partial charge on any atom is 0.326 e. The summed E-state index contributed by atoms with van der Waals surface area (Å²) in [5.41, 5.74) is 0. The monoisotopic (exact) mass is 278 g/mol. The number of carboxylic acid groups (broad SMARTS) is 1. The summed E-state index contributed by atoms with van der Waals surface area (Å²) in [4.78, 5) is 24.0. The number of carbonyl (C=O) groups excluding carboxylic acids is 1. The molecule has 0 heterocycles. The molecule has 0 saturated heterocycles. The summed E-state index contributed by atoms with van der Waals surface area (Å²) < 4.78 is 5.04. The van der Waals surface area contributed by atoms with E-state index in [4.69, 9.17) is 20.1 Å². The number of likely N-dealkylation sites (N-methyl/N-ethyl adjacent to an activating group) is 1. The molecular formula is C11H22N2O6. The summed E-state index contributed by atoms with van der Waals surface area (Å²) in [6.45, 7) is 2.51. The van der Waals surface area contributed by atoms with Gasteiger partial charge in [-0.1, -0.05) is 0 Å². The van der Waals surface area contributed by atoms with Crippen molar-refractivity contribution < 1.29 is 29.6 Å². The number of amides is 2. The Morgan fingerprint density at radius 2 is 1.95 bits per heavy atom. The van der Waals surface area contributed by atoms with Gasteiger partial charge in [-0.3, -0.25) is 0 Å². The van der Waals surface area contributed by atoms with E-state index in [0.717, 1.165) is 0 Å². The van der Waals surface area contributed by atoms with Crippen LogP contribution in [-0.4, -0.2) is 77.8 Å². The summed E-state index contributed by atoms with van der Waals surface area (Å²) in [6.07, 6.45) is -0.0420. The van der Waals surface area contributed by atoms with E-state index in [2.05, 4.69) is 5.32 Å². The summed E-state index contributed by atoms with van der Waals surface area (Å²) in [6, 6.07) is -1.62. The molecule has 0 aromatic heterocycles. The highest BCUT2D eigenvalue weighted by molar-refractivity contribution is 5.82. The number of aliphatic hydroxyl groups excluding tert-OH is 2. The van der Waals surface area contributed by atoms with Crippen molar-refractivity contribution in [2.75, 3.05) is 39.5 Å². The van der Waals surface area contributed by atoms with Crippen LogP contribution < -0.4 is 5.32 Å². The standard InChI is InChI=1S/C11H22N2O6/c1-2-13(4-7-19-8-6-15)11(18)12-9(3-5-14)10(16)17/h9,14-15H,2-8H2,1H3,(H,12,18)(H,16,17). The van der Waals surface area contributed by atoms with E-state index >= 15 is 0 Å². The molecule has 0 spiro atoms. The van der Waals surface area contributed by atoms with Gasteiger partial charge < -0.3 is 30.3 Å². The molecule has 0 aliphatic heterocycles. The molecule has 0 aromatic carbocycles. The zero-order valence-corrected chi connectivity index (χ0v) is 11.0. The number of aliphatic carboxylic acids is 1. The normalized spacial score (nSPS) is 11.9. The van der Waals surface area contributed by atoms with Gasteiger partial charge in [0.05, 0.1) is 19.8 Å². The van der Waals surface area contributed by atoms with Crippen LogP contribution in [0.2, 0.25) is 0 Å². The number of aliphatic hydroxyl groups is 2. The summed E-state index contributed by atoms with van der Waals surface area (Å²) >= 11 is 0. The van der Waals surface area contributed by atoms with Crippen molar-refractivity contribution in [1.82, 2.24) is 10.2 Å². The number of urea groups is 1. The third-order valence-electron chi connectivity index (χ3n) is 2.42. The lowest BCUT2D eigenvalue weighted by molar-refractivity contribution is -0.139. The van der Waals surface area contributed by atoms with E-state index in [0.29, 0.717) is 13.1 Å². The number of hydrogen-bond donors (Lipinski definition) is 4. The fraction of sp³-hybridized carbons (Fsp3) is 0.818. The molecule has 8 heteroatoms. The third-order valence-corrected chi connectivity index (χ3v) is 2.42. The second-order valence-electron chi connectivity index (χ2n) is 3.77. The molecule has 0 radical (unpaired) electrons. The lowest BCUT2D eigenvalue weighted by atomic mass is 10.2. The van der Waals surface area contributed by atoms with Gasteiger partial charge in [-0.15, -0.1) is 0 Å². The number of hydrogen-bond acceptors (Lipinski definition) is 5.